The normalized spacial score (nSPS) is 15.4. The zero-order chi connectivity index (χ0) is 18.7. The monoisotopic (exact) mass is 353 g/mol. The number of anilines is 1. The molecule has 0 atom stereocenters. The van der Waals surface area contributed by atoms with Gasteiger partial charge in [-0.15, -0.1) is 0 Å². The summed E-state index contributed by atoms with van der Waals surface area (Å²) in [7, 11) is 0. The summed E-state index contributed by atoms with van der Waals surface area (Å²) in [6, 6.07) is 8.54. The van der Waals surface area contributed by atoms with Crippen molar-refractivity contribution in [3.8, 4) is 11.3 Å². The minimum atomic E-state index is 0.122. The molecule has 1 amide bonds. The fourth-order valence-electron chi connectivity index (χ4n) is 3.69. The predicted octanol–water partition coefficient (Wildman–Crippen LogP) is 5.46. The predicted molar refractivity (Wildman–Crippen MR) is 107 cm³/mol. The van der Waals surface area contributed by atoms with Crippen molar-refractivity contribution in [2.75, 3.05) is 5.32 Å². The van der Waals surface area contributed by atoms with Gasteiger partial charge < -0.3 is 5.32 Å². The molecule has 1 heterocycles. The van der Waals surface area contributed by atoms with Crippen molar-refractivity contribution in [3.05, 3.63) is 35.5 Å². The van der Waals surface area contributed by atoms with Crippen LogP contribution in [0.1, 0.15) is 71.1 Å². The largest absolute Gasteiger partial charge is 0.322 e. The first-order valence-corrected chi connectivity index (χ1v) is 9.89. The van der Waals surface area contributed by atoms with E-state index in [2.05, 4.69) is 67.5 Å². The van der Waals surface area contributed by atoms with E-state index in [0.29, 0.717) is 0 Å². The smallest absolute Gasteiger partial charge is 0.227 e. The summed E-state index contributed by atoms with van der Waals surface area (Å²) in [5, 5.41) is 10.9. The van der Waals surface area contributed by atoms with Crippen molar-refractivity contribution in [2.24, 2.45) is 5.92 Å². The van der Waals surface area contributed by atoms with Gasteiger partial charge in [0.15, 0.2) is 0 Å². The second-order valence-corrected chi connectivity index (χ2v) is 8.47. The van der Waals surface area contributed by atoms with Crippen LogP contribution < -0.4 is 5.32 Å². The maximum absolute atomic E-state index is 12.7. The van der Waals surface area contributed by atoms with Crippen LogP contribution in [0, 0.1) is 5.92 Å². The molecule has 1 aromatic heterocycles. The van der Waals surface area contributed by atoms with Crippen LogP contribution in [0.2, 0.25) is 0 Å². The number of aromatic amines is 1. The Morgan fingerprint density at radius 2 is 1.85 bits per heavy atom. The summed E-state index contributed by atoms with van der Waals surface area (Å²) < 4.78 is 0. The van der Waals surface area contributed by atoms with E-state index >= 15 is 0 Å². The number of aryl methyl sites for hydroxylation is 1. The van der Waals surface area contributed by atoms with Crippen LogP contribution in [0.3, 0.4) is 0 Å². The lowest BCUT2D eigenvalue weighted by Crippen LogP contribution is -2.21. The van der Waals surface area contributed by atoms with Crippen molar-refractivity contribution in [2.45, 2.75) is 71.6 Å². The number of rotatable bonds is 5. The molecule has 2 N–H and O–H groups in total. The van der Waals surface area contributed by atoms with E-state index in [1.807, 2.05) is 0 Å². The Morgan fingerprint density at radius 3 is 2.42 bits per heavy atom. The highest BCUT2D eigenvalue weighted by Crippen LogP contribution is 2.33. The first-order valence-electron chi connectivity index (χ1n) is 9.89. The summed E-state index contributed by atoms with van der Waals surface area (Å²) in [6.45, 7) is 8.77. The third-order valence-electron chi connectivity index (χ3n) is 5.34. The number of hydrogen-bond acceptors (Lipinski definition) is 2. The van der Waals surface area contributed by atoms with Crippen LogP contribution in [0.5, 0.6) is 0 Å². The van der Waals surface area contributed by atoms with Gasteiger partial charge in [0.05, 0.1) is 11.4 Å². The molecule has 0 unspecified atom stereocenters. The minimum absolute atomic E-state index is 0.122. The summed E-state index contributed by atoms with van der Waals surface area (Å²) in [5.41, 5.74) is 5.19. The lowest BCUT2D eigenvalue weighted by atomic mass is 9.86. The molecule has 0 radical (unpaired) electrons. The van der Waals surface area contributed by atoms with Crippen molar-refractivity contribution in [3.63, 3.8) is 0 Å². The van der Waals surface area contributed by atoms with Gasteiger partial charge in [-0.05, 0) is 30.2 Å². The lowest BCUT2D eigenvalue weighted by molar-refractivity contribution is -0.119. The van der Waals surface area contributed by atoms with Crippen LogP contribution in [-0.2, 0) is 16.6 Å². The van der Waals surface area contributed by atoms with Gasteiger partial charge in [0.25, 0.3) is 0 Å². The van der Waals surface area contributed by atoms with Crippen molar-refractivity contribution < 1.29 is 4.79 Å². The highest BCUT2D eigenvalue weighted by molar-refractivity contribution is 5.97. The van der Waals surface area contributed by atoms with E-state index in [4.69, 9.17) is 0 Å². The molecule has 4 nitrogen and oxygen atoms in total. The molecule has 0 saturated heterocycles. The van der Waals surface area contributed by atoms with Gasteiger partial charge in [0.1, 0.15) is 5.69 Å². The zero-order valence-corrected chi connectivity index (χ0v) is 16.5. The van der Waals surface area contributed by atoms with Crippen LogP contribution in [0.15, 0.2) is 24.3 Å². The number of carbonyl (C=O) groups is 1. The van der Waals surface area contributed by atoms with Crippen LogP contribution in [-0.4, -0.2) is 16.1 Å². The number of hydrogen-bond donors (Lipinski definition) is 2. The van der Waals surface area contributed by atoms with Gasteiger partial charge in [0.2, 0.25) is 5.91 Å². The zero-order valence-electron chi connectivity index (χ0n) is 16.5. The van der Waals surface area contributed by atoms with Gasteiger partial charge in [-0.25, -0.2) is 0 Å². The standard InChI is InChI=1S/C22H31N3O/c1-5-8-18-20(23-21(26)16-9-6-7-10-16)19(25-24-18)15-11-13-17(14-12-15)22(2,3)4/h11-14,16H,5-10H2,1-4H3,(H,23,26)(H,24,25). The molecule has 26 heavy (non-hydrogen) atoms. The SMILES string of the molecule is CCCc1[nH]nc(-c2ccc(C(C)(C)C)cc2)c1NC(=O)C1CCCC1. The highest BCUT2D eigenvalue weighted by atomic mass is 16.1. The van der Waals surface area contributed by atoms with Gasteiger partial charge in [0, 0.05) is 11.5 Å². The van der Waals surface area contributed by atoms with E-state index in [1.165, 1.54) is 5.56 Å². The molecule has 2 aromatic rings. The Kier molecular flexibility index (Phi) is 5.49. The quantitative estimate of drug-likeness (QED) is 0.750. The first kappa shape index (κ1) is 18.7. The van der Waals surface area contributed by atoms with E-state index in [0.717, 1.165) is 61.2 Å². The summed E-state index contributed by atoms with van der Waals surface area (Å²) >= 11 is 0. The topological polar surface area (TPSA) is 57.8 Å². The lowest BCUT2D eigenvalue weighted by Gasteiger charge is -2.19. The number of amides is 1. The summed E-state index contributed by atoms with van der Waals surface area (Å²) in [5.74, 6) is 0.296. The number of nitrogens with zero attached hydrogens (tertiary/aromatic N) is 1. The molecule has 1 saturated carbocycles. The van der Waals surface area contributed by atoms with Gasteiger partial charge in [-0.3, -0.25) is 9.89 Å². The molecule has 0 spiro atoms. The average Bonchev–Trinajstić information content (AvgIpc) is 3.25. The van der Waals surface area contributed by atoms with Gasteiger partial charge in [-0.1, -0.05) is 71.2 Å². The van der Waals surface area contributed by atoms with Gasteiger partial charge in [-0.2, -0.15) is 5.10 Å². The molecule has 0 bridgehead atoms. The fourth-order valence-corrected chi connectivity index (χ4v) is 3.69. The van der Waals surface area contributed by atoms with Crippen LogP contribution >= 0.6 is 0 Å². The Hall–Kier alpha value is -2.10. The Balaban J connectivity index is 1.90. The van der Waals surface area contributed by atoms with Crippen molar-refractivity contribution in [1.82, 2.24) is 10.2 Å². The highest BCUT2D eigenvalue weighted by Gasteiger charge is 2.25. The molecular formula is C22H31N3O. The molecule has 1 fully saturated rings. The third-order valence-corrected chi connectivity index (χ3v) is 5.34. The number of carbonyl (C=O) groups excluding carboxylic acids is 1. The summed E-state index contributed by atoms with van der Waals surface area (Å²) in [4.78, 5) is 12.7. The molecule has 1 aliphatic carbocycles. The molecule has 140 valence electrons. The van der Waals surface area contributed by atoms with E-state index < -0.39 is 0 Å². The Bertz CT molecular complexity index is 747. The average molecular weight is 354 g/mol. The summed E-state index contributed by atoms with van der Waals surface area (Å²) in [6.07, 6.45) is 6.22. The van der Waals surface area contributed by atoms with Crippen molar-refractivity contribution >= 4 is 11.6 Å². The fraction of sp³-hybridized carbons (Fsp3) is 0.545. The number of benzene rings is 1. The van der Waals surface area contributed by atoms with E-state index in [-0.39, 0.29) is 17.2 Å². The second-order valence-electron chi connectivity index (χ2n) is 8.47. The third kappa shape index (κ3) is 4.00. The molecular weight excluding hydrogens is 322 g/mol. The molecule has 1 aliphatic rings. The van der Waals surface area contributed by atoms with Crippen LogP contribution in [0.4, 0.5) is 5.69 Å². The maximum atomic E-state index is 12.7. The number of aromatic nitrogens is 2. The first-order chi connectivity index (χ1) is 12.4. The Labute approximate surface area is 156 Å². The number of H-pyrrole nitrogens is 1. The van der Waals surface area contributed by atoms with E-state index in [1.54, 1.807) is 0 Å². The van der Waals surface area contributed by atoms with E-state index in [9.17, 15) is 4.79 Å². The maximum Gasteiger partial charge on any atom is 0.227 e. The van der Waals surface area contributed by atoms with Crippen LogP contribution in [0.25, 0.3) is 11.3 Å². The molecule has 0 aliphatic heterocycles. The second kappa shape index (κ2) is 7.65. The minimum Gasteiger partial charge on any atom is -0.322 e. The molecule has 1 aromatic carbocycles. The molecule has 4 heteroatoms. The molecule has 3 rings (SSSR count). The Morgan fingerprint density at radius 1 is 1.19 bits per heavy atom. The van der Waals surface area contributed by atoms with Crippen molar-refractivity contribution in [1.29, 1.82) is 0 Å². The van der Waals surface area contributed by atoms with Gasteiger partial charge >= 0.3 is 0 Å². The number of nitrogens with one attached hydrogen (secondary N) is 2.